The molecule has 0 fully saturated rings. The molecular formula is C23H18N4O3. The SMILES string of the molecule is CC1(C)C(=O)Nc2cc(C(=O)Nc3ccc(Oc4ccc(C#N)cc4)nc3)ccc21. The Morgan fingerprint density at radius 2 is 1.90 bits per heavy atom. The third kappa shape index (κ3) is 3.59. The van der Waals surface area contributed by atoms with Crippen LogP contribution in [0.4, 0.5) is 11.4 Å². The molecule has 3 aromatic rings. The molecule has 0 aliphatic carbocycles. The number of carbonyl (C=O) groups excluding carboxylic acids is 2. The molecule has 2 heterocycles. The molecule has 7 heteroatoms. The zero-order chi connectivity index (χ0) is 21.3. The number of hydrogen-bond acceptors (Lipinski definition) is 5. The number of ether oxygens (including phenoxy) is 1. The fraction of sp³-hybridized carbons (Fsp3) is 0.130. The van der Waals surface area contributed by atoms with Crippen LogP contribution in [0.5, 0.6) is 11.6 Å². The monoisotopic (exact) mass is 398 g/mol. The van der Waals surface area contributed by atoms with Gasteiger partial charge < -0.3 is 15.4 Å². The lowest BCUT2D eigenvalue weighted by molar-refractivity contribution is -0.119. The number of amides is 2. The first-order valence-corrected chi connectivity index (χ1v) is 9.28. The fourth-order valence-corrected chi connectivity index (χ4v) is 3.17. The standard InChI is InChI=1S/C23H18N4O3/c1-23(2)18-9-5-15(11-19(18)27-22(23)29)21(28)26-16-6-10-20(25-13-16)30-17-7-3-14(12-24)4-8-17/h3-11,13H,1-2H3,(H,26,28)(H,27,29). The fourth-order valence-electron chi connectivity index (χ4n) is 3.17. The second-order valence-corrected chi connectivity index (χ2v) is 7.42. The van der Waals surface area contributed by atoms with Gasteiger partial charge in [0.15, 0.2) is 0 Å². The third-order valence-electron chi connectivity index (χ3n) is 4.97. The molecule has 0 atom stereocenters. The van der Waals surface area contributed by atoms with E-state index in [1.807, 2.05) is 19.9 Å². The summed E-state index contributed by atoms with van der Waals surface area (Å²) >= 11 is 0. The Morgan fingerprint density at radius 3 is 2.57 bits per heavy atom. The number of nitrogens with one attached hydrogen (secondary N) is 2. The van der Waals surface area contributed by atoms with Crippen LogP contribution in [0.3, 0.4) is 0 Å². The van der Waals surface area contributed by atoms with E-state index < -0.39 is 5.41 Å². The predicted octanol–water partition coefficient (Wildman–Crippen LogP) is 4.23. The molecule has 0 saturated carbocycles. The third-order valence-corrected chi connectivity index (χ3v) is 4.97. The number of nitrogens with zero attached hydrogens (tertiary/aromatic N) is 2. The van der Waals surface area contributed by atoms with Gasteiger partial charge >= 0.3 is 0 Å². The Hall–Kier alpha value is -4.18. The van der Waals surface area contributed by atoms with Gasteiger partial charge in [-0.1, -0.05) is 6.07 Å². The highest BCUT2D eigenvalue weighted by molar-refractivity contribution is 6.09. The van der Waals surface area contributed by atoms with Crippen LogP contribution in [-0.4, -0.2) is 16.8 Å². The summed E-state index contributed by atoms with van der Waals surface area (Å²) in [7, 11) is 0. The van der Waals surface area contributed by atoms with E-state index in [1.54, 1.807) is 54.6 Å². The average molecular weight is 398 g/mol. The number of benzene rings is 2. The van der Waals surface area contributed by atoms with Gasteiger partial charge in [-0.05, 0) is 61.9 Å². The molecule has 1 aliphatic rings. The number of fused-ring (bicyclic) bond motifs is 1. The minimum atomic E-state index is -0.612. The van der Waals surface area contributed by atoms with Crippen molar-refractivity contribution < 1.29 is 14.3 Å². The lowest BCUT2D eigenvalue weighted by Gasteiger charge is -2.15. The highest BCUT2D eigenvalue weighted by atomic mass is 16.5. The van der Waals surface area contributed by atoms with E-state index in [0.717, 1.165) is 5.56 Å². The number of nitriles is 1. The van der Waals surface area contributed by atoms with Crippen LogP contribution in [0.25, 0.3) is 0 Å². The molecule has 1 aliphatic heterocycles. The normalized spacial score (nSPS) is 13.7. The smallest absolute Gasteiger partial charge is 0.255 e. The maximum absolute atomic E-state index is 12.6. The van der Waals surface area contributed by atoms with Gasteiger partial charge in [-0.15, -0.1) is 0 Å². The zero-order valence-electron chi connectivity index (χ0n) is 16.4. The quantitative estimate of drug-likeness (QED) is 0.684. The first-order valence-electron chi connectivity index (χ1n) is 9.28. The van der Waals surface area contributed by atoms with Crippen molar-refractivity contribution in [1.29, 1.82) is 5.26 Å². The number of carbonyl (C=O) groups is 2. The number of anilines is 2. The first-order chi connectivity index (χ1) is 14.4. The molecule has 30 heavy (non-hydrogen) atoms. The summed E-state index contributed by atoms with van der Waals surface area (Å²) in [6, 6.07) is 17.2. The second-order valence-electron chi connectivity index (χ2n) is 7.42. The number of aromatic nitrogens is 1. The van der Waals surface area contributed by atoms with Crippen LogP contribution in [0, 0.1) is 11.3 Å². The van der Waals surface area contributed by atoms with Crippen molar-refractivity contribution in [2.24, 2.45) is 0 Å². The van der Waals surface area contributed by atoms with Gasteiger partial charge in [0.2, 0.25) is 11.8 Å². The van der Waals surface area contributed by atoms with E-state index in [9.17, 15) is 9.59 Å². The van der Waals surface area contributed by atoms with Gasteiger partial charge in [0.25, 0.3) is 5.91 Å². The summed E-state index contributed by atoms with van der Waals surface area (Å²) in [5.41, 5.74) is 2.40. The minimum Gasteiger partial charge on any atom is -0.439 e. The highest BCUT2D eigenvalue weighted by Gasteiger charge is 2.38. The van der Waals surface area contributed by atoms with Crippen molar-refractivity contribution in [1.82, 2.24) is 4.98 Å². The van der Waals surface area contributed by atoms with Crippen molar-refractivity contribution in [3.63, 3.8) is 0 Å². The highest BCUT2D eigenvalue weighted by Crippen LogP contribution is 2.37. The second kappa shape index (κ2) is 7.33. The average Bonchev–Trinajstić information content (AvgIpc) is 2.98. The molecule has 0 saturated heterocycles. The Bertz CT molecular complexity index is 1180. The van der Waals surface area contributed by atoms with E-state index in [0.29, 0.717) is 34.1 Å². The summed E-state index contributed by atoms with van der Waals surface area (Å²) in [4.78, 5) is 28.8. The lowest BCUT2D eigenvalue weighted by atomic mass is 9.86. The Kier molecular flexibility index (Phi) is 4.68. The molecule has 148 valence electrons. The largest absolute Gasteiger partial charge is 0.439 e. The van der Waals surface area contributed by atoms with Crippen LogP contribution < -0.4 is 15.4 Å². The van der Waals surface area contributed by atoms with Crippen molar-refractivity contribution in [2.45, 2.75) is 19.3 Å². The summed E-state index contributed by atoms with van der Waals surface area (Å²) in [6.45, 7) is 3.70. The maximum atomic E-state index is 12.6. The van der Waals surface area contributed by atoms with Crippen LogP contribution in [0.1, 0.15) is 35.3 Å². The molecule has 7 nitrogen and oxygen atoms in total. The number of pyridine rings is 1. The molecule has 0 radical (unpaired) electrons. The molecule has 0 bridgehead atoms. The van der Waals surface area contributed by atoms with Gasteiger partial charge in [0.05, 0.1) is 28.9 Å². The summed E-state index contributed by atoms with van der Waals surface area (Å²) in [5.74, 6) is 0.526. The molecule has 0 unspecified atom stereocenters. The van der Waals surface area contributed by atoms with Crippen molar-refractivity contribution in [2.75, 3.05) is 10.6 Å². The molecule has 4 rings (SSSR count). The Labute approximate surface area is 173 Å². The Balaban J connectivity index is 1.43. The van der Waals surface area contributed by atoms with Crippen molar-refractivity contribution in [3.05, 3.63) is 77.5 Å². The van der Waals surface area contributed by atoms with Gasteiger partial charge in [0.1, 0.15) is 5.75 Å². The Morgan fingerprint density at radius 1 is 1.13 bits per heavy atom. The molecule has 2 aromatic carbocycles. The molecule has 2 N–H and O–H groups in total. The summed E-state index contributed by atoms with van der Waals surface area (Å²) < 4.78 is 5.63. The van der Waals surface area contributed by atoms with Crippen LogP contribution >= 0.6 is 0 Å². The summed E-state index contributed by atoms with van der Waals surface area (Å²) in [5, 5.41) is 14.4. The molecule has 1 aromatic heterocycles. The molecule has 2 amide bonds. The van der Waals surface area contributed by atoms with Crippen LogP contribution in [-0.2, 0) is 10.2 Å². The lowest BCUT2D eigenvalue weighted by Crippen LogP contribution is -2.26. The first kappa shape index (κ1) is 19.2. The van der Waals surface area contributed by atoms with E-state index in [-0.39, 0.29) is 11.8 Å². The van der Waals surface area contributed by atoms with Gasteiger partial charge in [-0.2, -0.15) is 5.26 Å². The van der Waals surface area contributed by atoms with Crippen molar-refractivity contribution >= 4 is 23.2 Å². The van der Waals surface area contributed by atoms with Gasteiger partial charge in [0, 0.05) is 17.3 Å². The summed E-state index contributed by atoms with van der Waals surface area (Å²) in [6.07, 6.45) is 1.50. The van der Waals surface area contributed by atoms with Gasteiger partial charge in [-0.25, -0.2) is 4.98 Å². The topological polar surface area (TPSA) is 104 Å². The van der Waals surface area contributed by atoms with E-state index in [2.05, 4.69) is 15.6 Å². The molecular weight excluding hydrogens is 380 g/mol. The van der Waals surface area contributed by atoms with E-state index in [1.165, 1.54) is 6.20 Å². The van der Waals surface area contributed by atoms with E-state index in [4.69, 9.17) is 10.00 Å². The minimum absolute atomic E-state index is 0.0860. The zero-order valence-corrected chi connectivity index (χ0v) is 16.4. The number of hydrogen-bond donors (Lipinski definition) is 2. The maximum Gasteiger partial charge on any atom is 0.255 e. The predicted molar refractivity (Wildman–Crippen MR) is 112 cm³/mol. The van der Waals surface area contributed by atoms with Crippen LogP contribution in [0.2, 0.25) is 0 Å². The van der Waals surface area contributed by atoms with Gasteiger partial charge in [-0.3, -0.25) is 9.59 Å². The van der Waals surface area contributed by atoms with Crippen molar-refractivity contribution in [3.8, 4) is 17.7 Å². The number of rotatable bonds is 4. The van der Waals surface area contributed by atoms with Crippen LogP contribution in [0.15, 0.2) is 60.8 Å². The molecule has 0 spiro atoms. The van der Waals surface area contributed by atoms with E-state index >= 15 is 0 Å².